The first-order valence-electron chi connectivity index (χ1n) is 6.24. The molecule has 0 bridgehead atoms. The average Bonchev–Trinajstić information content (AvgIpc) is 3.19. The van der Waals surface area contributed by atoms with Gasteiger partial charge in [-0.1, -0.05) is 0 Å². The SMILES string of the molecule is O=C(N=Nc1c(O)[nH]c2ccc(C(F)(F)F)cc12)C1CC1. The van der Waals surface area contributed by atoms with Crippen LogP contribution in [-0.4, -0.2) is 16.0 Å². The van der Waals surface area contributed by atoms with Crippen molar-refractivity contribution in [2.24, 2.45) is 16.1 Å². The molecule has 1 aliphatic rings. The summed E-state index contributed by atoms with van der Waals surface area (Å²) in [5.74, 6) is -0.987. The Morgan fingerprint density at radius 2 is 2.05 bits per heavy atom. The van der Waals surface area contributed by atoms with Gasteiger partial charge in [-0.2, -0.15) is 13.2 Å². The number of alkyl halides is 3. The Balaban J connectivity index is 2.03. The summed E-state index contributed by atoms with van der Waals surface area (Å²) in [7, 11) is 0. The largest absolute Gasteiger partial charge is 0.493 e. The topological polar surface area (TPSA) is 77.8 Å². The lowest BCUT2D eigenvalue weighted by Gasteiger charge is -2.05. The number of benzene rings is 1. The molecule has 0 spiro atoms. The third-order valence-corrected chi connectivity index (χ3v) is 3.25. The van der Waals surface area contributed by atoms with Crippen molar-refractivity contribution >= 4 is 22.5 Å². The van der Waals surface area contributed by atoms with Crippen LogP contribution in [0.1, 0.15) is 18.4 Å². The molecule has 21 heavy (non-hydrogen) atoms. The molecule has 0 atom stereocenters. The van der Waals surface area contributed by atoms with Gasteiger partial charge in [0.1, 0.15) is 0 Å². The molecule has 2 aromatic rings. The first kappa shape index (κ1) is 13.6. The number of aromatic hydroxyl groups is 1. The van der Waals surface area contributed by atoms with Crippen LogP contribution in [0.25, 0.3) is 10.9 Å². The number of fused-ring (bicyclic) bond motifs is 1. The van der Waals surface area contributed by atoms with Gasteiger partial charge in [0.15, 0.2) is 5.69 Å². The standard InChI is InChI=1S/C13H10F3N3O2/c14-13(15,16)7-3-4-9-8(5-7)10(12(21)17-9)18-19-11(20)6-1-2-6/h3-6,17,21H,1-2H2. The normalized spacial score (nSPS) is 16.0. The van der Waals surface area contributed by atoms with Gasteiger partial charge in [0.25, 0.3) is 5.91 Å². The molecule has 3 rings (SSSR count). The van der Waals surface area contributed by atoms with Crippen molar-refractivity contribution in [3.05, 3.63) is 23.8 Å². The second-order valence-corrected chi connectivity index (χ2v) is 4.89. The molecule has 0 unspecified atom stereocenters. The second-order valence-electron chi connectivity index (χ2n) is 4.89. The molecule has 8 heteroatoms. The van der Waals surface area contributed by atoms with Crippen LogP contribution < -0.4 is 0 Å². The Morgan fingerprint density at radius 1 is 1.33 bits per heavy atom. The minimum absolute atomic E-state index is 0.0645. The lowest BCUT2D eigenvalue weighted by molar-refractivity contribution is -0.137. The Kier molecular flexibility index (Phi) is 2.96. The van der Waals surface area contributed by atoms with E-state index in [9.17, 15) is 23.1 Å². The molecule has 1 aliphatic carbocycles. The van der Waals surface area contributed by atoms with Gasteiger partial charge in [-0.15, -0.1) is 10.2 Å². The number of nitrogens with zero attached hydrogens (tertiary/aromatic N) is 2. The number of amides is 1. The number of nitrogens with one attached hydrogen (secondary N) is 1. The van der Waals surface area contributed by atoms with Gasteiger partial charge in [0.05, 0.1) is 11.1 Å². The van der Waals surface area contributed by atoms with Crippen molar-refractivity contribution in [3.63, 3.8) is 0 Å². The maximum Gasteiger partial charge on any atom is 0.416 e. The monoisotopic (exact) mass is 297 g/mol. The van der Waals surface area contributed by atoms with Crippen molar-refractivity contribution in [1.29, 1.82) is 0 Å². The van der Waals surface area contributed by atoms with Crippen LogP contribution in [-0.2, 0) is 11.0 Å². The number of aromatic nitrogens is 1. The van der Waals surface area contributed by atoms with Crippen LogP contribution in [0, 0.1) is 5.92 Å². The molecule has 110 valence electrons. The Bertz CT molecular complexity index is 745. The number of rotatable bonds is 2. The molecule has 1 aromatic carbocycles. The fraction of sp³-hybridized carbons (Fsp3) is 0.308. The lowest BCUT2D eigenvalue weighted by atomic mass is 10.1. The van der Waals surface area contributed by atoms with Crippen molar-refractivity contribution in [1.82, 2.24) is 4.98 Å². The van der Waals surface area contributed by atoms with Gasteiger partial charge < -0.3 is 10.1 Å². The predicted octanol–water partition coefficient (Wildman–Crippen LogP) is 3.91. The zero-order valence-electron chi connectivity index (χ0n) is 10.6. The lowest BCUT2D eigenvalue weighted by Crippen LogP contribution is -2.03. The Morgan fingerprint density at radius 3 is 2.67 bits per heavy atom. The molecule has 1 fully saturated rings. The summed E-state index contributed by atoms with van der Waals surface area (Å²) in [5, 5.41) is 16.8. The first-order chi connectivity index (χ1) is 9.86. The molecular formula is C13H10F3N3O2. The van der Waals surface area contributed by atoms with E-state index < -0.39 is 23.5 Å². The summed E-state index contributed by atoms with van der Waals surface area (Å²) >= 11 is 0. The fourth-order valence-electron chi connectivity index (χ4n) is 1.95. The molecule has 0 radical (unpaired) electrons. The molecule has 0 aliphatic heterocycles. The third-order valence-electron chi connectivity index (χ3n) is 3.25. The molecule has 2 N–H and O–H groups in total. The number of carbonyl (C=O) groups excluding carboxylic acids is 1. The summed E-state index contributed by atoms with van der Waals surface area (Å²) in [6, 6.07) is 2.95. The zero-order valence-corrected chi connectivity index (χ0v) is 10.6. The van der Waals surface area contributed by atoms with E-state index >= 15 is 0 Å². The van der Waals surface area contributed by atoms with Gasteiger partial charge in [-0.25, -0.2) is 0 Å². The van der Waals surface area contributed by atoms with Crippen LogP contribution >= 0.6 is 0 Å². The predicted molar refractivity (Wildman–Crippen MR) is 67.2 cm³/mol. The first-order valence-corrected chi connectivity index (χ1v) is 6.24. The van der Waals surface area contributed by atoms with Crippen molar-refractivity contribution in [2.75, 3.05) is 0 Å². The van der Waals surface area contributed by atoms with E-state index in [0.717, 1.165) is 25.0 Å². The van der Waals surface area contributed by atoms with Gasteiger partial charge >= 0.3 is 6.18 Å². The molecule has 1 amide bonds. The van der Waals surface area contributed by atoms with E-state index in [4.69, 9.17) is 0 Å². The zero-order chi connectivity index (χ0) is 15.2. The van der Waals surface area contributed by atoms with E-state index in [2.05, 4.69) is 15.2 Å². The highest BCUT2D eigenvalue weighted by atomic mass is 19.4. The van der Waals surface area contributed by atoms with E-state index in [1.807, 2.05) is 0 Å². The third kappa shape index (κ3) is 2.61. The second kappa shape index (κ2) is 4.57. The fourth-order valence-corrected chi connectivity index (χ4v) is 1.95. The minimum Gasteiger partial charge on any atom is -0.493 e. The number of aromatic amines is 1. The molecule has 0 saturated heterocycles. The molecule has 5 nitrogen and oxygen atoms in total. The summed E-state index contributed by atoms with van der Waals surface area (Å²) in [4.78, 5) is 13.9. The van der Waals surface area contributed by atoms with Gasteiger partial charge in [-0.05, 0) is 31.0 Å². The Labute approximate surface area is 116 Å². The van der Waals surface area contributed by atoms with Crippen LogP contribution in [0.4, 0.5) is 18.9 Å². The quantitative estimate of drug-likeness (QED) is 0.824. The molecule has 1 aromatic heterocycles. The summed E-state index contributed by atoms with van der Waals surface area (Å²) < 4.78 is 38.1. The van der Waals surface area contributed by atoms with Crippen molar-refractivity contribution in [3.8, 4) is 5.88 Å². The highest BCUT2D eigenvalue weighted by molar-refractivity contribution is 5.95. The van der Waals surface area contributed by atoms with Gasteiger partial charge in [-0.3, -0.25) is 4.79 Å². The smallest absolute Gasteiger partial charge is 0.416 e. The van der Waals surface area contributed by atoms with Crippen molar-refractivity contribution in [2.45, 2.75) is 19.0 Å². The van der Waals surface area contributed by atoms with Crippen LogP contribution in [0.15, 0.2) is 28.4 Å². The van der Waals surface area contributed by atoms with Crippen molar-refractivity contribution < 1.29 is 23.1 Å². The average molecular weight is 297 g/mol. The summed E-state index contributed by atoms with van der Waals surface area (Å²) in [6.07, 6.45) is -3.01. The van der Waals surface area contributed by atoms with E-state index in [1.54, 1.807) is 0 Å². The molecule has 1 heterocycles. The van der Waals surface area contributed by atoms with Gasteiger partial charge in [0, 0.05) is 11.3 Å². The van der Waals surface area contributed by atoms with E-state index in [0.29, 0.717) is 0 Å². The highest BCUT2D eigenvalue weighted by Gasteiger charge is 2.32. The number of halogens is 3. The highest BCUT2D eigenvalue weighted by Crippen LogP contribution is 2.39. The minimum atomic E-state index is -4.50. The van der Waals surface area contributed by atoms with Gasteiger partial charge in [0.2, 0.25) is 5.88 Å². The maximum atomic E-state index is 12.7. The number of carbonyl (C=O) groups is 1. The molecular weight excluding hydrogens is 287 g/mol. The van der Waals surface area contributed by atoms with Crippen LogP contribution in [0.5, 0.6) is 5.88 Å². The number of hydrogen-bond donors (Lipinski definition) is 2. The van der Waals surface area contributed by atoms with E-state index in [1.165, 1.54) is 6.07 Å². The van der Waals surface area contributed by atoms with Crippen LogP contribution in [0.2, 0.25) is 0 Å². The van der Waals surface area contributed by atoms with E-state index in [-0.39, 0.29) is 22.5 Å². The molecule has 1 saturated carbocycles. The summed E-state index contributed by atoms with van der Waals surface area (Å²) in [5.41, 5.74) is -0.739. The Hall–Kier alpha value is -2.38. The number of H-pyrrole nitrogens is 1. The van der Waals surface area contributed by atoms with Crippen LogP contribution in [0.3, 0.4) is 0 Å². The summed E-state index contributed by atoms with van der Waals surface area (Å²) in [6.45, 7) is 0. The number of hydrogen-bond acceptors (Lipinski definition) is 3. The number of azo groups is 1. The maximum absolute atomic E-state index is 12.7.